The van der Waals surface area contributed by atoms with Crippen LogP contribution in [0.15, 0.2) is 76.5 Å². The summed E-state index contributed by atoms with van der Waals surface area (Å²) in [6.07, 6.45) is -0.0342. The number of rotatable bonds is 6. The van der Waals surface area contributed by atoms with Gasteiger partial charge >= 0.3 is 11.9 Å². The van der Waals surface area contributed by atoms with Crippen LogP contribution in [0.5, 0.6) is 5.75 Å². The van der Waals surface area contributed by atoms with E-state index in [2.05, 4.69) is 20.3 Å². The molecule has 3 N–H and O–H groups in total. The monoisotopic (exact) mass is 593 g/mol. The Morgan fingerprint density at radius 3 is 2.72 bits per heavy atom. The van der Waals surface area contributed by atoms with E-state index in [-0.39, 0.29) is 46.6 Å². The van der Waals surface area contributed by atoms with Crippen molar-refractivity contribution in [3.8, 4) is 28.4 Å². The van der Waals surface area contributed by atoms with Crippen LogP contribution in [0.3, 0.4) is 0 Å². The summed E-state index contributed by atoms with van der Waals surface area (Å²) in [5.74, 6) is -2.30. The average molecular weight is 593 g/mol. The maximum atomic E-state index is 15.3. The number of carbonyl (C=O) groups excluding carboxylic acids is 1. The number of benzene rings is 1. The minimum Gasteiger partial charge on any atom is -0.493 e. The number of nitrogen functional groups attached to an aromatic ring is 1. The van der Waals surface area contributed by atoms with Gasteiger partial charge in [0.25, 0.3) is 5.91 Å². The standard InChI is InChI=1S/C28H19F4N7O4/c1-2-42-19-9-14(26(40)36-21-10-16(7-8-34-21)28(30,31)32)4-6-18(19)22-23-24(33)35-11-20(29)39(23)25(37-22)15-3-5-17-13-43-27(41)38(17)12-15/h3-13H,2H2,1H3,(H2,33,35)(H,34,36,40). The molecule has 0 saturated heterocycles. The minimum atomic E-state index is -4.62. The number of fused-ring (bicyclic) bond motifs is 2. The molecule has 0 saturated carbocycles. The predicted octanol–water partition coefficient (Wildman–Crippen LogP) is 5.06. The Morgan fingerprint density at radius 2 is 1.95 bits per heavy atom. The van der Waals surface area contributed by atoms with Crippen molar-refractivity contribution in [2.24, 2.45) is 0 Å². The molecule has 6 aromatic rings. The zero-order valence-corrected chi connectivity index (χ0v) is 22.0. The Bertz CT molecular complexity index is 2100. The van der Waals surface area contributed by atoms with Gasteiger partial charge in [-0.3, -0.25) is 9.20 Å². The topological polar surface area (TPSA) is 142 Å². The zero-order chi connectivity index (χ0) is 30.5. The number of nitrogens with one attached hydrogen (secondary N) is 1. The first kappa shape index (κ1) is 27.4. The number of nitrogens with two attached hydrogens (primary N) is 1. The lowest BCUT2D eigenvalue weighted by Gasteiger charge is -2.12. The molecule has 0 radical (unpaired) electrons. The number of amides is 1. The summed E-state index contributed by atoms with van der Waals surface area (Å²) >= 11 is 0. The van der Waals surface area contributed by atoms with Gasteiger partial charge in [0.2, 0.25) is 5.95 Å². The third kappa shape index (κ3) is 4.90. The lowest BCUT2D eigenvalue weighted by molar-refractivity contribution is -0.137. The molecule has 1 amide bonds. The van der Waals surface area contributed by atoms with E-state index in [1.807, 2.05) is 0 Å². The van der Waals surface area contributed by atoms with Gasteiger partial charge in [-0.1, -0.05) is 0 Å². The van der Waals surface area contributed by atoms with Crippen LogP contribution in [-0.2, 0) is 6.18 Å². The molecule has 218 valence electrons. The van der Waals surface area contributed by atoms with Gasteiger partial charge in [0.1, 0.15) is 40.7 Å². The van der Waals surface area contributed by atoms with Crippen LogP contribution in [-0.4, -0.2) is 36.3 Å². The molecule has 43 heavy (non-hydrogen) atoms. The lowest BCUT2D eigenvalue weighted by Crippen LogP contribution is -2.14. The third-order valence-corrected chi connectivity index (χ3v) is 6.49. The van der Waals surface area contributed by atoms with Crippen LogP contribution < -0.4 is 21.5 Å². The van der Waals surface area contributed by atoms with Crippen LogP contribution in [0.25, 0.3) is 33.7 Å². The van der Waals surface area contributed by atoms with Gasteiger partial charge in [0.05, 0.1) is 23.9 Å². The van der Waals surface area contributed by atoms with Crippen molar-refractivity contribution in [2.75, 3.05) is 17.7 Å². The Balaban J connectivity index is 1.46. The smallest absolute Gasteiger partial charge is 0.423 e. The number of imidazole rings is 1. The first-order chi connectivity index (χ1) is 20.5. The number of ether oxygens (including phenoxy) is 1. The number of hydrogen-bond donors (Lipinski definition) is 2. The van der Waals surface area contributed by atoms with Crippen LogP contribution in [0.1, 0.15) is 22.8 Å². The van der Waals surface area contributed by atoms with E-state index in [0.717, 1.165) is 22.9 Å². The van der Waals surface area contributed by atoms with Gasteiger partial charge < -0.3 is 20.2 Å². The second-order valence-corrected chi connectivity index (χ2v) is 9.17. The minimum absolute atomic E-state index is 0.0391. The number of carbonyl (C=O) groups is 1. The van der Waals surface area contributed by atoms with E-state index in [4.69, 9.17) is 14.9 Å². The molecular formula is C28H19F4N7O4. The first-order valence-electron chi connectivity index (χ1n) is 12.6. The summed E-state index contributed by atoms with van der Waals surface area (Å²) in [6.45, 7) is 1.86. The fourth-order valence-corrected chi connectivity index (χ4v) is 4.55. The lowest BCUT2D eigenvalue weighted by atomic mass is 10.1. The van der Waals surface area contributed by atoms with Crippen molar-refractivity contribution in [1.29, 1.82) is 0 Å². The molecule has 1 aromatic carbocycles. The quantitative estimate of drug-likeness (QED) is 0.256. The Hall–Kier alpha value is -5.73. The fourth-order valence-electron chi connectivity index (χ4n) is 4.55. The third-order valence-electron chi connectivity index (χ3n) is 6.49. The highest BCUT2D eigenvalue weighted by molar-refractivity contribution is 6.05. The molecule has 0 aliphatic carbocycles. The molecule has 5 aromatic heterocycles. The van der Waals surface area contributed by atoms with Gasteiger partial charge in [0.15, 0.2) is 0 Å². The summed E-state index contributed by atoms with van der Waals surface area (Å²) in [7, 11) is 0. The van der Waals surface area contributed by atoms with Crippen LogP contribution >= 0.6 is 0 Å². The van der Waals surface area contributed by atoms with Gasteiger partial charge in [0, 0.05) is 29.1 Å². The molecule has 0 aliphatic rings. The van der Waals surface area contributed by atoms with Gasteiger partial charge in [-0.2, -0.15) is 17.6 Å². The summed E-state index contributed by atoms with van der Waals surface area (Å²) in [6, 6.07) is 8.97. The summed E-state index contributed by atoms with van der Waals surface area (Å²) in [5.41, 5.74) is 6.66. The Labute approximate surface area is 238 Å². The molecule has 0 atom stereocenters. The van der Waals surface area contributed by atoms with Crippen molar-refractivity contribution in [3.63, 3.8) is 0 Å². The predicted molar refractivity (Wildman–Crippen MR) is 146 cm³/mol. The first-order valence-corrected chi connectivity index (χ1v) is 12.6. The summed E-state index contributed by atoms with van der Waals surface area (Å²) in [5, 5.41) is 2.35. The number of anilines is 2. The summed E-state index contributed by atoms with van der Waals surface area (Å²) in [4.78, 5) is 37.4. The fraction of sp³-hybridized carbons (Fsp3) is 0.107. The number of oxazole rings is 1. The maximum Gasteiger partial charge on any atom is 0.423 e. The molecule has 0 bridgehead atoms. The van der Waals surface area contributed by atoms with Crippen LogP contribution in [0, 0.1) is 5.95 Å². The molecule has 0 fully saturated rings. The van der Waals surface area contributed by atoms with E-state index in [0.29, 0.717) is 22.7 Å². The highest BCUT2D eigenvalue weighted by atomic mass is 19.4. The maximum absolute atomic E-state index is 15.3. The molecule has 0 spiro atoms. The van der Waals surface area contributed by atoms with Crippen LogP contribution in [0.4, 0.5) is 29.2 Å². The number of aromatic nitrogens is 5. The highest BCUT2D eigenvalue weighted by Gasteiger charge is 2.31. The van der Waals surface area contributed by atoms with Gasteiger partial charge in [-0.05, 0) is 49.4 Å². The number of nitrogens with zero attached hydrogens (tertiary/aromatic N) is 5. The van der Waals surface area contributed by atoms with Crippen molar-refractivity contribution in [1.82, 2.24) is 23.8 Å². The van der Waals surface area contributed by atoms with E-state index < -0.39 is 29.4 Å². The van der Waals surface area contributed by atoms with Crippen molar-refractivity contribution in [3.05, 3.63) is 94.9 Å². The van der Waals surface area contributed by atoms with E-state index >= 15 is 4.39 Å². The molecule has 0 unspecified atom stereocenters. The Kier molecular flexibility index (Phi) is 6.56. The molecule has 11 nitrogen and oxygen atoms in total. The van der Waals surface area contributed by atoms with E-state index in [1.165, 1.54) is 35.1 Å². The largest absolute Gasteiger partial charge is 0.493 e. The molecular weight excluding hydrogens is 574 g/mol. The zero-order valence-electron chi connectivity index (χ0n) is 22.0. The molecule has 6 rings (SSSR count). The number of alkyl halides is 3. The molecule has 0 aliphatic heterocycles. The van der Waals surface area contributed by atoms with Crippen molar-refractivity contribution in [2.45, 2.75) is 13.1 Å². The van der Waals surface area contributed by atoms with Crippen molar-refractivity contribution >= 4 is 28.6 Å². The average Bonchev–Trinajstić information content (AvgIpc) is 3.56. The highest BCUT2D eigenvalue weighted by Crippen LogP contribution is 2.38. The number of pyridine rings is 2. The van der Waals surface area contributed by atoms with Gasteiger partial charge in [-0.25, -0.2) is 24.1 Å². The van der Waals surface area contributed by atoms with E-state index in [1.54, 1.807) is 19.1 Å². The van der Waals surface area contributed by atoms with E-state index in [9.17, 15) is 22.8 Å². The Morgan fingerprint density at radius 1 is 1.14 bits per heavy atom. The van der Waals surface area contributed by atoms with Crippen LogP contribution in [0.2, 0.25) is 0 Å². The number of halogens is 4. The second-order valence-electron chi connectivity index (χ2n) is 9.17. The van der Waals surface area contributed by atoms with Gasteiger partial charge in [-0.15, -0.1) is 0 Å². The number of hydrogen-bond acceptors (Lipinski definition) is 8. The normalized spacial score (nSPS) is 11.7. The van der Waals surface area contributed by atoms with Crippen molar-refractivity contribution < 1.29 is 31.5 Å². The second kappa shape index (κ2) is 10.3. The molecule has 5 heterocycles. The summed E-state index contributed by atoms with van der Waals surface area (Å²) < 4.78 is 67.6. The molecule has 15 heteroatoms. The SMILES string of the molecule is CCOc1cc(C(=O)Nc2cc(C(F)(F)F)ccn2)ccc1-c1nc(-c2ccc3coc(=O)n3c2)n2c(F)cnc(N)c12.